The number of fused-ring (bicyclic) bond motifs is 1. The summed E-state index contributed by atoms with van der Waals surface area (Å²) in [6, 6.07) is 0.270. The molecular weight excluding hydrogens is 466 g/mol. The molecule has 35 heavy (non-hydrogen) atoms. The van der Waals surface area contributed by atoms with E-state index in [9.17, 15) is 8.42 Å². The van der Waals surface area contributed by atoms with E-state index in [1.54, 1.807) is 6.20 Å². The Morgan fingerprint density at radius 2 is 1.74 bits per heavy atom. The van der Waals surface area contributed by atoms with Crippen molar-refractivity contribution in [3.63, 3.8) is 0 Å². The third-order valence-electron chi connectivity index (χ3n) is 7.34. The first-order chi connectivity index (χ1) is 16.9. The molecule has 2 aromatic heterocycles. The predicted octanol–water partition coefficient (Wildman–Crippen LogP) is 1.80. The summed E-state index contributed by atoms with van der Waals surface area (Å²) in [7, 11) is -3.20. The predicted molar refractivity (Wildman–Crippen MR) is 134 cm³/mol. The van der Waals surface area contributed by atoms with E-state index in [-0.39, 0.29) is 12.1 Å². The first-order valence-corrected chi connectivity index (χ1v) is 14.5. The normalized spacial score (nSPS) is 21.9. The van der Waals surface area contributed by atoms with Crippen molar-refractivity contribution < 1.29 is 13.2 Å². The van der Waals surface area contributed by atoms with E-state index in [0.29, 0.717) is 26.1 Å². The molecule has 2 fully saturated rings. The molecule has 3 aliphatic heterocycles. The highest BCUT2D eigenvalue weighted by molar-refractivity contribution is 7.88. The maximum absolute atomic E-state index is 11.9. The van der Waals surface area contributed by atoms with Crippen molar-refractivity contribution in [2.45, 2.75) is 64.1 Å². The van der Waals surface area contributed by atoms with Gasteiger partial charge >= 0.3 is 0 Å². The van der Waals surface area contributed by atoms with E-state index >= 15 is 0 Å². The topological polar surface area (TPSA) is 105 Å². The molecule has 0 amide bonds. The molecule has 190 valence electrons. The second-order valence-corrected chi connectivity index (χ2v) is 11.7. The van der Waals surface area contributed by atoms with Crippen molar-refractivity contribution in [2.24, 2.45) is 0 Å². The van der Waals surface area contributed by atoms with Crippen LogP contribution in [0.25, 0.3) is 0 Å². The maximum Gasteiger partial charge on any atom is 0.225 e. The van der Waals surface area contributed by atoms with Crippen LogP contribution in [0.2, 0.25) is 0 Å². The lowest BCUT2D eigenvalue weighted by Crippen LogP contribution is -2.41. The number of aromatic nitrogens is 4. The molecule has 0 spiro atoms. The molecule has 5 heterocycles. The highest BCUT2D eigenvalue weighted by atomic mass is 32.2. The molecule has 2 saturated heterocycles. The lowest BCUT2D eigenvalue weighted by Gasteiger charge is -2.33. The van der Waals surface area contributed by atoms with Crippen LogP contribution in [0.1, 0.15) is 49.4 Å². The standard InChI is InChI=1S/C24H35N7O3S/c1-3-18-13-25-23(26-14-18)29-10-6-21(7-11-29)34-17-20-5-4-9-31(20)24-27-15-19-16-30(35(2,32)33)12-8-22(19)28-24/h13-15,20-21H,3-12,16-17H2,1-2H3. The number of rotatable bonds is 7. The van der Waals surface area contributed by atoms with E-state index in [2.05, 4.69) is 31.7 Å². The fourth-order valence-electron chi connectivity index (χ4n) is 5.14. The average molecular weight is 502 g/mol. The fourth-order valence-corrected chi connectivity index (χ4v) is 5.93. The molecule has 11 heteroatoms. The first kappa shape index (κ1) is 24.3. The zero-order valence-corrected chi connectivity index (χ0v) is 21.5. The molecule has 0 aromatic carbocycles. The van der Waals surface area contributed by atoms with Gasteiger partial charge in [-0.15, -0.1) is 0 Å². The second kappa shape index (κ2) is 10.3. The minimum atomic E-state index is -3.20. The van der Waals surface area contributed by atoms with Crippen LogP contribution in [-0.2, 0) is 34.1 Å². The zero-order chi connectivity index (χ0) is 24.4. The van der Waals surface area contributed by atoms with Crippen molar-refractivity contribution >= 4 is 21.9 Å². The third-order valence-corrected chi connectivity index (χ3v) is 8.59. The van der Waals surface area contributed by atoms with E-state index in [0.717, 1.165) is 80.5 Å². The molecule has 3 aliphatic rings. The summed E-state index contributed by atoms with van der Waals surface area (Å²) < 4.78 is 31.6. The quantitative estimate of drug-likeness (QED) is 0.562. The number of piperidine rings is 1. The van der Waals surface area contributed by atoms with Crippen molar-refractivity contribution in [1.82, 2.24) is 24.2 Å². The number of nitrogens with zero attached hydrogens (tertiary/aromatic N) is 7. The van der Waals surface area contributed by atoms with Gasteiger partial charge in [0.05, 0.1) is 30.7 Å². The summed E-state index contributed by atoms with van der Waals surface area (Å²) in [6.07, 6.45) is 12.8. The Morgan fingerprint density at radius 1 is 1.00 bits per heavy atom. The SMILES string of the molecule is CCc1cnc(N2CCC(OCC3CCCN3c3ncc4c(n3)CCN(S(C)(=O)=O)C4)CC2)nc1. The van der Waals surface area contributed by atoms with Crippen LogP contribution in [0.3, 0.4) is 0 Å². The number of aryl methyl sites for hydroxylation is 1. The Balaban J connectivity index is 1.14. The number of sulfonamides is 1. The summed E-state index contributed by atoms with van der Waals surface area (Å²) in [4.78, 5) is 23.0. The van der Waals surface area contributed by atoms with Gasteiger partial charge in [0.25, 0.3) is 0 Å². The van der Waals surface area contributed by atoms with Crippen molar-refractivity contribution in [3.05, 3.63) is 35.4 Å². The van der Waals surface area contributed by atoms with Crippen LogP contribution < -0.4 is 9.80 Å². The van der Waals surface area contributed by atoms with E-state index in [1.807, 2.05) is 12.4 Å². The van der Waals surface area contributed by atoms with Crippen molar-refractivity contribution in [3.8, 4) is 0 Å². The first-order valence-electron chi connectivity index (χ1n) is 12.6. The average Bonchev–Trinajstić information content (AvgIpc) is 3.35. The minimum Gasteiger partial charge on any atom is -0.376 e. The van der Waals surface area contributed by atoms with Gasteiger partial charge in [0.1, 0.15) is 0 Å². The van der Waals surface area contributed by atoms with Gasteiger partial charge in [-0.25, -0.2) is 28.4 Å². The van der Waals surface area contributed by atoms with E-state index in [1.165, 1.54) is 10.6 Å². The molecule has 1 unspecified atom stereocenters. The van der Waals surface area contributed by atoms with Gasteiger partial charge in [-0.05, 0) is 37.7 Å². The monoisotopic (exact) mass is 501 g/mol. The highest BCUT2D eigenvalue weighted by Crippen LogP contribution is 2.27. The molecule has 10 nitrogen and oxygen atoms in total. The fraction of sp³-hybridized carbons (Fsp3) is 0.667. The van der Waals surface area contributed by atoms with Gasteiger partial charge in [-0.2, -0.15) is 4.31 Å². The van der Waals surface area contributed by atoms with Crippen LogP contribution in [0.5, 0.6) is 0 Å². The lowest BCUT2D eigenvalue weighted by atomic mass is 10.1. The summed E-state index contributed by atoms with van der Waals surface area (Å²) in [5.74, 6) is 1.55. The van der Waals surface area contributed by atoms with Crippen LogP contribution in [-0.4, -0.2) is 83.8 Å². The zero-order valence-electron chi connectivity index (χ0n) is 20.6. The Kier molecular flexibility index (Phi) is 7.17. The molecule has 0 saturated carbocycles. The Labute approximate surface area is 207 Å². The van der Waals surface area contributed by atoms with Crippen LogP contribution in [0.15, 0.2) is 18.6 Å². The molecule has 1 atom stereocenters. The largest absolute Gasteiger partial charge is 0.376 e. The van der Waals surface area contributed by atoms with E-state index < -0.39 is 10.0 Å². The van der Waals surface area contributed by atoms with Gasteiger partial charge in [-0.1, -0.05) is 6.92 Å². The van der Waals surface area contributed by atoms with Gasteiger partial charge in [0.15, 0.2) is 0 Å². The number of anilines is 2. The Bertz CT molecular complexity index is 1120. The Hall–Kier alpha value is -2.37. The number of hydrogen-bond donors (Lipinski definition) is 0. The molecular formula is C24H35N7O3S. The second-order valence-electron chi connectivity index (χ2n) is 9.74. The summed E-state index contributed by atoms with van der Waals surface area (Å²) in [5.41, 5.74) is 3.02. The van der Waals surface area contributed by atoms with Crippen LogP contribution in [0.4, 0.5) is 11.9 Å². The third kappa shape index (κ3) is 5.57. The molecule has 0 radical (unpaired) electrons. The van der Waals surface area contributed by atoms with E-state index in [4.69, 9.17) is 9.72 Å². The smallest absolute Gasteiger partial charge is 0.225 e. The molecule has 5 rings (SSSR count). The van der Waals surface area contributed by atoms with Gasteiger partial charge in [-0.3, -0.25) is 0 Å². The maximum atomic E-state index is 11.9. The number of ether oxygens (including phenoxy) is 1. The van der Waals surface area contributed by atoms with Crippen LogP contribution in [0, 0.1) is 0 Å². The van der Waals surface area contributed by atoms with Gasteiger partial charge in [0, 0.05) is 63.3 Å². The highest BCUT2D eigenvalue weighted by Gasteiger charge is 2.31. The molecule has 0 bridgehead atoms. The van der Waals surface area contributed by atoms with Crippen molar-refractivity contribution in [2.75, 3.05) is 48.8 Å². The van der Waals surface area contributed by atoms with Gasteiger partial charge in [0.2, 0.25) is 21.9 Å². The summed E-state index contributed by atoms with van der Waals surface area (Å²) in [6.45, 7) is 6.35. The van der Waals surface area contributed by atoms with Crippen molar-refractivity contribution in [1.29, 1.82) is 0 Å². The van der Waals surface area contributed by atoms with Crippen LogP contribution >= 0.6 is 0 Å². The Morgan fingerprint density at radius 3 is 2.46 bits per heavy atom. The summed E-state index contributed by atoms with van der Waals surface area (Å²) in [5, 5.41) is 0. The van der Waals surface area contributed by atoms with Gasteiger partial charge < -0.3 is 14.5 Å². The summed E-state index contributed by atoms with van der Waals surface area (Å²) >= 11 is 0. The lowest BCUT2D eigenvalue weighted by molar-refractivity contribution is 0.0292. The molecule has 0 N–H and O–H groups in total. The molecule has 0 aliphatic carbocycles. The minimum absolute atomic E-state index is 0.245. The number of hydrogen-bond acceptors (Lipinski definition) is 9. The molecule has 2 aromatic rings.